The second-order valence-electron chi connectivity index (χ2n) is 7.78. The molecule has 2 fully saturated rings. The van der Waals surface area contributed by atoms with Crippen molar-refractivity contribution >= 4 is 38.1 Å². The van der Waals surface area contributed by atoms with Gasteiger partial charge in [0.05, 0.1) is 24.2 Å². The lowest BCUT2D eigenvalue weighted by Crippen LogP contribution is -2.33. The van der Waals surface area contributed by atoms with Crippen LogP contribution in [0.15, 0.2) is 12.3 Å². The maximum Gasteiger partial charge on any atom is 0.340 e. The number of hydrogen-bond acceptors (Lipinski definition) is 9. The largest absolute Gasteiger partial charge is 0.387 e. The van der Waals surface area contributed by atoms with E-state index in [9.17, 15) is 24.2 Å². The van der Waals surface area contributed by atoms with Crippen molar-refractivity contribution in [2.45, 2.75) is 37.3 Å². The van der Waals surface area contributed by atoms with Crippen molar-refractivity contribution in [1.29, 1.82) is 0 Å². The summed E-state index contributed by atoms with van der Waals surface area (Å²) in [5.41, 5.74) is 1.58. The Kier molecular flexibility index (Phi) is 6.70. The van der Waals surface area contributed by atoms with Crippen molar-refractivity contribution in [2.24, 2.45) is 0 Å². The smallest absolute Gasteiger partial charge is 0.340 e. The molecule has 0 amide bonds. The highest BCUT2D eigenvalue weighted by Gasteiger charge is 2.46. The fourth-order valence-electron chi connectivity index (χ4n) is 3.92. The molecule has 32 heavy (non-hydrogen) atoms. The molecule has 5 atom stereocenters. The number of imidazole rings is 1. The summed E-state index contributed by atoms with van der Waals surface area (Å²) in [5, 5.41) is 25.3. The number of rotatable bonds is 7. The quantitative estimate of drug-likeness (QED) is 0.323. The molecule has 4 rings (SSSR count). The first kappa shape index (κ1) is 24.0. The van der Waals surface area contributed by atoms with Crippen molar-refractivity contribution < 1.29 is 43.3 Å². The van der Waals surface area contributed by atoms with Crippen LogP contribution in [-0.4, -0.2) is 83.4 Å². The van der Waals surface area contributed by atoms with Gasteiger partial charge in [-0.25, -0.2) is 9.50 Å². The normalized spacial score (nSPS) is 28.5. The summed E-state index contributed by atoms with van der Waals surface area (Å²) in [7, 11) is -9.45. The Bertz CT molecular complexity index is 1090. The third-order valence-electron chi connectivity index (χ3n) is 5.35. The SMILES string of the molecule is O=P(O)(O)CP(=O)(O)OC[C@H]1O[C@@H](c2cnc3c(N4CCCC4)cc(Cl)nn23)[C@H](O)[C@@H]1O. The van der Waals surface area contributed by atoms with Crippen molar-refractivity contribution in [3.63, 3.8) is 0 Å². The molecular formula is C16H23ClN4O9P2. The lowest BCUT2D eigenvalue weighted by atomic mass is 10.1. The minimum Gasteiger partial charge on any atom is -0.387 e. The Hall–Kier alpha value is -1.11. The molecule has 2 aromatic heterocycles. The van der Waals surface area contributed by atoms with Crippen LogP contribution in [0.3, 0.4) is 0 Å². The molecule has 1 unspecified atom stereocenters. The van der Waals surface area contributed by atoms with E-state index in [1.165, 1.54) is 10.7 Å². The molecule has 0 saturated carbocycles. The van der Waals surface area contributed by atoms with Crippen LogP contribution in [0.5, 0.6) is 0 Å². The molecule has 178 valence electrons. The Morgan fingerprint density at radius 2 is 1.88 bits per heavy atom. The zero-order valence-corrected chi connectivity index (χ0v) is 19.2. The molecule has 13 nitrogen and oxygen atoms in total. The molecule has 0 spiro atoms. The third kappa shape index (κ3) is 5.02. The van der Waals surface area contributed by atoms with Crippen molar-refractivity contribution in [1.82, 2.24) is 14.6 Å². The van der Waals surface area contributed by atoms with Crippen molar-refractivity contribution in [2.75, 3.05) is 30.5 Å². The summed E-state index contributed by atoms with van der Waals surface area (Å²) in [6, 6.07) is 1.70. The second kappa shape index (κ2) is 8.92. The van der Waals surface area contributed by atoms with E-state index in [2.05, 4.69) is 15.0 Å². The van der Waals surface area contributed by atoms with E-state index in [0.717, 1.165) is 31.6 Å². The summed E-state index contributed by atoms with van der Waals surface area (Å²) in [4.78, 5) is 33.9. The summed E-state index contributed by atoms with van der Waals surface area (Å²) in [5.74, 6) is -1.37. The van der Waals surface area contributed by atoms with Gasteiger partial charge in [-0.05, 0) is 12.8 Å². The maximum absolute atomic E-state index is 11.9. The van der Waals surface area contributed by atoms with Gasteiger partial charge in [0.2, 0.25) is 0 Å². The van der Waals surface area contributed by atoms with Crippen LogP contribution in [-0.2, 0) is 18.4 Å². The van der Waals surface area contributed by atoms with Gasteiger partial charge < -0.3 is 39.1 Å². The maximum atomic E-state index is 11.9. The predicted octanol–water partition coefficient (Wildman–Crippen LogP) is 0.482. The average Bonchev–Trinajstić information content (AvgIpc) is 3.39. The van der Waals surface area contributed by atoms with Crippen LogP contribution in [0.2, 0.25) is 5.15 Å². The van der Waals surface area contributed by atoms with E-state index >= 15 is 0 Å². The summed E-state index contributed by atoms with van der Waals surface area (Å²) in [6.07, 6.45) is -1.78. The minimum atomic E-state index is -4.80. The number of anilines is 1. The number of aliphatic hydroxyl groups excluding tert-OH is 2. The average molecular weight is 513 g/mol. The number of nitrogens with zero attached hydrogens (tertiary/aromatic N) is 4. The van der Waals surface area contributed by atoms with Crippen LogP contribution in [0.25, 0.3) is 5.65 Å². The highest BCUT2D eigenvalue weighted by molar-refractivity contribution is 7.70. The highest BCUT2D eigenvalue weighted by atomic mass is 35.5. The molecule has 2 aliphatic heterocycles. The van der Waals surface area contributed by atoms with Gasteiger partial charge in [-0.2, -0.15) is 5.10 Å². The molecular weight excluding hydrogens is 490 g/mol. The number of fused-ring (bicyclic) bond motifs is 1. The first-order chi connectivity index (χ1) is 15.0. The summed E-state index contributed by atoms with van der Waals surface area (Å²) >= 11 is 6.20. The van der Waals surface area contributed by atoms with E-state index in [4.69, 9.17) is 30.6 Å². The molecule has 2 aromatic rings. The minimum absolute atomic E-state index is 0.199. The zero-order valence-electron chi connectivity index (χ0n) is 16.6. The number of hydrogen-bond donors (Lipinski definition) is 5. The molecule has 5 N–H and O–H groups in total. The van der Waals surface area contributed by atoms with E-state index in [0.29, 0.717) is 11.3 Å². The third-order valence-corrected chi connectivity index (χ3v) is 8.99. The van der Waals surface area contributed by atoms with Crippen LogP contribution < -0.4 is 4.90 Å². The molecule has 2 saturated heterocycles. The van der Waals surface area contributed by atoms with Gasteiger partial charge >= 0.3 is 15.2 Å². The van der Waals surface area contributed by atoms with Crippen molar-refractivity contribution in [3.05, 3.63) is 23.1 Å². The van der Waals surface area contributed by atoms with E-state index < -0.39 is 52.1 Å². The van der Waals surface area contributed by atoms with Crippen LogP contribution in [0.4, 0.5) is 5.69 Å². The fourth-order valence-corrected chi connectivity index (χ4v) is 6.67. The predicted molar refractivity (Wildman–Crippen MR) is 112 cm³/mol. The summed E-state index contributed by atoms with van der Waals surface area (Å²) in [6.45, 7) is 1.01. The molecule has 0 aliphatic carbocycles. The lowest BCUT2D eigenvalue weighted by Gasteiger charge is -2.19. The monoisotopic (exact) mass is 512 g/mol. The number of aliphatic hydroxyl groups is 2. The van der Waals surface area contributed by atoms with Gasteiger partial charge in [-0.3, -0.25) is 9.13 Å². The van der Waals surface area contributed by atoms with Gasteiger partial charge in [0.25, 0.3) is 0 Å². The molecule has 0 radical (unpaired) electrons. The van der Waals surface area contributed by atoms with Crippen LogP contribution in [0.1, 0.15) is 24.6 Å². The van der Waals surface area contributed by atoms with E-state index in [-0.39, 0.29) is 5.15 Å². The molecule has 16 heteroatoms. The summed E-state index contributed by atoms with van der Waals surface area (Å²) < 4.78 is 34.6. The standard InChI is InChI=1S/C16H23ClN4O9P2/c17-12-5-9(20-3-1-2-4-20)16-18-6-10(21(16)19-12)15-14(23)13(22)11(30-15)7-29-32(27,28)8-31(24,25)26/h5-6,11,13-15,22-23H,1-4,7-8H2,(H,27,28)(H2,24,25,26)/t11-,13-,14-,15+/m1/s1. The Morgan fingerprint density at radius 1 is 1.19 bits per heavy atom. The molecule has 2 aliphatic rings. The van der Waals surface area contributed by atoms with Gasteiger partial charge in [-0.1, -0.05) is 11.6 Å². The molecule has 0 aromatic carbocycles. The molecule has 0 bridgehead atoms. The highest BCUT2D eigenvalue weighted by Crippen LogP contribution is 2.55. The molecule has 4 heterocycles. The van der Waals surface area contributed by atoms with E-state index in [1.54, 1.807) is 6.07 Å². The Morgan fingerprint density at radius 3 is 2.53 bits per heavy atom. The van der Waals surface area contributed by atoms with Crippen molar-refractivity contribution in [3.8, 4) is 0 Å². The topological polar surface area (TPSA) is 187 Å². The number of aromatic nitrogens is 3. The van der Waals surface area contributed by atoms with Crippen LogP contribution in [0, 0.1) is 0 Å². The Labute approximate surface area is 187 Å². The van der Waals surface area contributed by atoms with Crippen LogP contribution >= 0.6 is 26.8 Å². The van der Waals surface area contributed by atoms with Gasteiger partial charge in [-0.15, -0.1) is 0 Å². The van der Waals surface area contributed by atoms with E-state index in [1.807, 2.05) is 0 Å². The Balaban J connectivity index is 1.55. The first-order valence-corrected chi connectivity index (χ1v) is 13.7. The zero-order chi connectivity index (χ0) is 23.3. The lowest BCUT2D eigenvalue weighted by molar-refractivity contribution is -0.0204. The van der Waals surface area contributed by atoms with Gasteiger partial charge in [0.15, 0.2) is 16.7 Å². The second-order valence-corrected chi connectivity index (χ2v) is 12.2. The number of halogens is 1. The first-order valence-electron chi connectivity index (χ1n) is 9.77. The van der Waals surface area contributed by atoms with Gasteiger partial charge in [0.1, 0.15) is 24.4 Å². The van der Waals surface area contributed by atoms with Gasteiger partial charge in [0, 0.05) is 19.2 Å². The fraction of sp³-hybridized carbons (Fsp3) is 0.625. The number of ether oxygens (including phenoxy) is 1.